The van der Waals surface area contributed by atoms with Crippen LogP contribution in [0.25, 0.3) is 11.0 Å². The first kappa shape index (κ1) is 9.49. The molecule has 0 unspecified atom stereocenters. The molecule has 0 aliphatic carbocycles. The molecule has 2 aromatic heterocycles. The molecule has 0 aromatic carbocycles. The van der Waals surface area contributed by atoms with Crippen molar-refractivity contribution in [1.29, 1.82) is 0 Å². The highest BCUT2D eigenvalue weighted by Crippen LogP contribution is 2.17. The van der Waals surface area contributed by atoms with Crippen LogP contribution in [0.1, 0.15) is 12.1 Å². The Morgan fingerprint density at radius 2 is 2.29 bits per heavy atom. The number of nitrogens with one attached hydrogen (secondary N) is 1. The van der Waals surface area contributed by atoms with E-state index in [4.69, 9.17) is 17.3 Å². The Hall–Kier alpha value is -1.06. The van der Waals surface area contributed by atoms with Crippen molar-refractivity contribution < 1.29 is 0 Å². The molecule has 3 nitrogen and oxygen atoms in total. The summed E-state index contributed by atoms with van der Waals surface area (Å²) in [7, 11) is 0. The number of H-pyrrole nitrogens is 1. The average Bonchev–Trinajstić information content (AvgIpc) is 2.56. The maximum absolute atomic E-state index is 5.83. The number of nitrogens with zero attached hydrogens (tertiary/aromatic N) is 1. The van der Waals surface area contributed by atoms with Gasteiger partial charge in [-0.2, -0.15) is 0 Å². The van der Waals surface area contributed by atoms with E-state index in [0.717, 1.165) is 23.9 Å². The summed E-state index contributed by atoms with van der Waals surface area (Å²) in [6.07, 6.45) is 3.61. The third kappa shape index (κ3) is 1.89. The number of aromatic nitrogens is 2. The summed E-state index contributed by atoms with van der Waals surface area (Å²) in [5.74, 6) is 0. The summed E-state index contributed by atoms with van der Waals surface area (Å²) in [4.78, 5) is 7.48. The van der Waals surface area contributed by atoms with Gasteiger partial charge in [0.05, 0.1) is 16.1 Å². The Morgan fingerprint density at radius 3 is 3.07 bits per heavy atom. The highest BCUT2D eigenvalue weighted by Gasteiger charge is 2.01. The van der Waals surface area contributed by atoms with Gasteiger partial charge in [-0.1, -0.05) is 11.6 Å². The van der Waals surface area contributed by atoms with Crippen LogP contribution >= 0.6 is 11.6 Å². The van der Waals surface area contributed by atoms with E-state index in [1.165, 1.54) is 5.69 Å². The minimum Gasteiger partial charge on any atom is -0.357 e. The molecule has 0 bridgehead atoms. The molecule has 0 amide bonds. The van der Waals surface area contributed by atoms with Gasteiger partial charge >= 0.3 is 0 Å². The first-order valence-corrected chi connectivity index (χ1v) is 5.00. The van der Waals surface area contributed by atoms with E-state index < -0.39 is 0 Å². The molecule has 0 saturated heterocycles. The largest absolute Gasteiger partial charge is 0.357 e. The average molecular weight is 210 g/mol. The van der Waals surface area contributed by atoms with E-state index in [0.29, 0.717) is 11.6 Å². The van der Waals surface area contributed by atoms with Crippen molar-refractivity contribution in [3.05, 3.63) is 29.0 Å². The van der Waals surface area contributed by atoms with Gasteiger partial charge in [0.1, 0.15) is 0 Å². The zero-order chi connectivity index (χ0) is 9.97. The van der Waals surface area contributed by atoms with Crippen LogP contribution in [0.5, 0.6) is 0 Å². The van der Waals surface area contributed by atoms with Gasteiger partial charge in [0.25, 0.3) is 0 Å². The molecule has 4 heteroatoms. The Labute approximate surface area is 87.3 Å². The van der Waals surface area contributed by atoms with Crippen LogP contribution in [0, 0.1) is 0 Å². The van der Waals surface area contributed by atoms with E-state index in [9.17, 15) is 0 Å². The third-order valence-electron chi connectivity index (χ3n) is 2.14. The molecule has 0 spiro atoms. The molecule has 0 saturated carbocycles. The number of nitrogens with two attached hydrogens (primary N) is 1. The van der Waals surface area contributed by atoms with Gasteiger partial charge in [0.15, 0.2) is 0 Å². The Balaban J connectivity index is 2.32. The van der Waals surface area contributed by atoms with E-state index in [1.807, 2.05) is 12.1 Å². The van der Waals surface area contributed by atoms with Gasteiger partial charge in [0.2, 0.25) is 0 Å². The summed E-state index contributed by atoms with van der Waals surface area (Å²) in [6, 6.07) is 3.93. The van der Waals surface area contributed by atoms with Gasteiger partial charge < -0.3 is 10.7 Å². The Kier molecular flexibility index (Phi) is 2.70. The second-order valence-electron chi connectivity index (χ2n) is 3.27. The fourth-order valence-electron chi connectivity index (χ4n) is 1.47. The van der Waals surface area contributed by atoms with E-state index >= 15 is 0 Å². The van der Waals surface area contributed by atoms with E-state index in [2.05, 4.69) is 9.97 Å². The van der Waals surface area contributed by atoms with Crippen LogP contribution in [-0.4, -0.2) is 16.5 Å². The number of halogens is 1. The van der Waals surface area contributed by atoms with Crippen molar-refractivity contribution in [2.45, 2.75) is 12.8 Å². The monoisotopic (exact) mass is 209 g/mol. The molecule has 2 rings (SSSR count). The zero-order valence-corrected chi connectivity index (χ0v) is 8.51. The number of fused-ring (bicyclic) bond motifs is 1. The topological polar surface area (TPSA) is 54.7 Å². The highest BCUT2D eigenvalue weighted by molar-refractivity contribution is 6.31. The maximum Gasteiger partial charge on any atom is 0.0882 e. The number of hydrogen-bond acceptors (Lipinski definition) is 2. The number of rotatable bonds is 3. The van der Waals surface area contributed by atoms with Crippen molar-refractivity contribution >= 4 is 22.6 Å². The summed E-state index contributed by atoms with van der Waals surface area (Å²) in [6.45, 7) is 0.712. The Morgan fingerprint density at radius 1 is 1.43 bits per heavy atom. The van der Waals surface area contributed by atoms with Crippen LogP contribution in [0.2, 0.25) is 5.02 Å². The fourth-order valence-corrected chi connectivity index (χ4v) is 1.62. The zero-order valence-electron chi connectivity index (χ0n) is 7.76. The lowest BCUT2D eigenvalue weighted by atomic mass is 10.2. The maximum atomic E-state index is 5.83. The summed E-state index contributed by atoms with van der Waals surface area (Å²) >= 11 is 5.83. The fraction of sp³-hybridized carbons (Fsp3) is 0.300. The van der Waals surface area contributed by atoms with Gasteiger partial charge in [-0.3, -0.25) is 4.98 Å². The van der Waals surface area contributed by atoms with Gasteiger partial charge in [-0.05, 0) is 31.5 Å². The SMILES string of the molecule is NCCCc1cc2ncc(Cl)cc2[nH]1. The second kappa shape index (κ2) is 3.98. The van der Waals surface area contributed by atoms with Crippen molar-refractivity contribution in [3.8, 4) is 0 Å². The first-order chi connectivity index (χ1) is 6.79. The lowest BCUT2D eigenvalue weighted by Crippen LogP contribution is -2.00. The number of aryl methyl sites for hydroxylation is 1. The number of hydrogen-bond donors (Lipinski definition) is 2. The smallest absolute Gasteiger partial charge is 0.0882 e. The van der Waals surface area contributed by atoms with Crippen LogP contribution in [0.15, 0.2) is 18.3 Å². The van der Waals surface area contributed by atoms with E-state index in [-0.39, 0.29) is 0 Å². The normalized spacial score (nSPS) is 11.0. The van der Waals surface area contributed by atoms with Gasteiger partial charge in [-0.25, -0.2) is 0 Å². The van der Waals surface area contributed by atoms with Crippen LogP contribution < -0.4 is 5.73 Å². The first-order valence-electron chi connectivity index (χ1n) is 4.63. The third-order valence-corrected chi connectivity index (χ3v) is 2.35. The number of aromatic amines is 1. The molecular weight excluding hydrogens is 198 g/mol. The summed E-state index contributed by atoms with van der Waals surface area (Å²) in [5, 5.41) is 0.657. The molecule has 0 atom stereocenters. The quantitative estimate of drug-likeness (QED) is 0.814. The van der Waals surface area contributed by atoms with Crippen LogP contribution in [-0.2, 0) is 6.42 Å². The molecule has 0 aliphatic rings. The predicted octanol–water partition coefficient (Wildman–Crippen LogP) is 2.11. The van der Waals surface area contributed by atoms with Gasteiger partial charge in [0, 0.05) is 11.9 Å². The molecular formula is C10H12ClN3. The summed E-state index contributed by atoms with van der Waals surface area (Å²) in [5.41, 5.74) is 8.56. The lowest BCUT2D eigenvalue weighted by Gasteiger charge is -1.92. The molecule has 3 N–H and O–H groups in total. The van der Waals surface area contributed by atoms with Crippen LogP contribution in [0.4, 0.5) is 0 Å². The number of pyridine rings is 1. The molecule has 0 fully saturated rings. The van der Waals surface area contributed by atoms with Crippen molar-refractivity contribution in [1.82, 2.24) is 9.97 Å². The minimum atomic E-state index is 0.657. The molecule has 74 valence electrons. The van der Waals surface area contributed by atoms with Crippen molar-refractivity contribution in [3.63, 3.8) is 0 Å². The standard InChI is InChI=1S/C10H12ClN3/c11-7-4-10-9(13-6-7)5-8(14-10)2-1-3-12/h4-6,14H,1-3,12H2. The predicted molar refractivity (Wildman–Crippen MR) is 58.5 cm³/mol. The highest BCUT2D eigenvalue weighted by atomic mass is 35.5. The lowest BCUT2D eigenvalue weighted by molar-refractivity contribution is 0.818. The molecule has 0 aliphatic heterocycles. The molecule has 14 heavy (non-hydrogen) atoms. The minimum absolute atomic E-state index is 0.657. The van der Waals surface area contributed by atoms with Crippen molar-refractivity contribution in [2.75, 3.05) is 6.54 Å². The van der Waals surface area contributed by atoms with Crippen LogP contribution in [0.3, 0.4) is 0 Å². The second-order valence-corrected chi connectivity index (χ2v) is 3.71. The molecule has 0 radical (unpaired) electrons. The van der Waals surface area contributed by atoms with E-state index in [1.54, 1.807) is 6.20 Å². The molecule has 2 aromatic rings. The van der Waals surface area contributed by atoms with Crippen molar-refractivity contribution in [2.24, 2.45) is 5.73 Å². The summed E-state index contributed by atoms with van der Waals surface area (Å²) < 4.78 is 0. The molecule has 2 heterocycles. The Bertz CT molecular complexity index is 436. The van der Waals surface area contributed by atoms with Gasteiger partial charge in [-0.15, -0.1) is 0 Å².